The van der Waals surface area contributed by atoms with Gasteiger partial charge in [-0.25, -0.2) is 0 Å². The fourth-order valence-corrected chi connectivity index (χ4v) is 2.99. The summed E-state index contributed by atoms with van der Waals surface area (Å²) in [6, 6.07) is 0. The lowest BCUT2D eigenvalue weighted by molar-refractivity contribution is 0.0931. The SMILES string of the molecule is CCc1nn(CC2CCCO2)c(CC)c1CNCCOC. The lowest BCUT2D eigenvalue weighted by atomic mass is 10.1. The molecule has 0 aliphatic carbocycles. The molecule has 120 valence electrons. The minimum Gasteiger partial charge on any atom is -0.383 e. The van der Waals surface area contributed by atoms with Crippen LogP contribution in [0.5, 0.6) is 0 Å². The van der Waals surface area contributed by atoms with E-state index in [1.54, 1.807) is 7.11 Å². The Hall–Kier alpha value is -0.910. The van der Waals surface area contributed by atoms with Crippen LogP contribution in [0.3, 0.4) is 0 Å². The Kier molecular flexibility index (Phi) is 6.67. The zero-order valence-corrected chi connectivity index (χ0v) is 13.7. The number of rotatable bonds is 9. The molecule has 1 unspecified atom stereocenters. The molecule has 1 N–H and O–H groups in total. The Morgan fingerprint density at radius 1 is 1.38 bits per heavy atom. The quantitative estimate of drug-likeness (QED) is 0.707. The van der Waals surface area contributed by atoms with Gasteiger partial charge in [-0.2, -0.15) is 5.10 Å². The second-order valence-corrected chi connectivity index (χ2v) is 5.57. The summed E-state index contributed by atoms with van der Waals surface area (Å²) in [6.45, 7) is 8.68. The molecule has 1 saturated heterocycles. The summed E-state index contributed by atoms with van der Waals surface area (Å²) < 4.78 is 13.0. The predicted octanol–water partition coefficient (Wildman–Crippen LogP) is 1.92. The normalized spacial score (nSPS) is 18.5. The molecule has 5 nitrogen and oxygen atoms in total. The van der Waals surface area contributed by atoms with Crippen molar-refractivity contribution in [1.29, 1.82) is 0 Å². The number of hydrogen-bond acceptors (Lipinski definition) is 4. The van der Waals surface area contributed by atoms with Crippen LogP contribution in [-0.4, -0.2) is 42.8 Å². The number of aryl methyl sites for hydroxylation is 1. The van der Waals surface area contributed by atoms with Crippen molar-refractivity contribution >= 4 is 0 Å². The van der Waals surface area contributed by atoms with Gasteiger partial charge in [-0.15, -0.1) is 0 Å². The minimum atomic E-state index is 0.342. The summed E-state index contributed by atoms with van der Waals surface area (Å²) in [5.74, 6) is 0. The number of nitrogens with one attached hydrogen (secondary N) is 1. The highest BCUT2D eigenvalue weighted by Gasteiger charge is 2.21. The summed E-state index contributed by atoms with van der Waals surface area (Å²) >= 11 is 0. The molecule has 1 aliphatic rings. The van der Waals surface area contributed by atoms with Crippen molar-refractivity contribution in [3.05, 3.63) is 17.0 Å². The van der Waals surface area contributed by atoms with Crippen LogP contribution in [0.15, 0.2) is 0 Å². The molecule has 1 aromatic heterocycles. The highest BCUT2D eigenvalue weighted by Crippen LogP contribution is 2.20. The third-order valence-electron chi connectivity index (χ3n) is 4.10. The van der Waals surface area contributed by atoms with Gasteiger partial charge in [-0.3, -0.25) is 4.68 Å². The van der Waals surface area contributed by atoms with E-state index >= 15 is 0 Å². The molecule has 1 aliphatic heterocycles. The number of methoxy groups -OCH3 is 1. The van der Waals surface area contributed by atoms with Gasteiger partial charge in [-0.1, -0.05) is 13.8 Å². The van der Waals surface area contributed by atoms with Gasteiger partial charge in [0.2, 0.25) is 0 Å². The lowest BCUT2D eigenvalue weighted by Gasteiger charge is -2.13. The largest absolute Gasteiger partial charge is 0.383 e. The Bertz CT molecular complexity index is 425. The Labute approximate surface area is 128 Å². The topological polar surface area (TPSA) is 48.3 Å². The van der Waals surface area contributed by atoms with Crippen LogP contribution in [0, 0.1) is 0 Å². The second-order valence-electron chi connectivity index (χ2n) is 5.57. The van der Waals surface area contributed by atoms with E-state index in [4.69, 9.17) is 14.6 Å². The molecule has 0 amide bonds. The first kappa shape index (κ1) is 16.5. The van der Waals surface area contributed by atoms with Crippen LogP contribution >= 0.6 is 0 Å². The zero-order chi connectivity index (χ0) is 15.1. The van der Waals surface area contributed by atoms with Crippen molar-refractivity contribution in [3.63, 3.8) is 0 Å². The smallest absolute Gasteiger partial charge is 0.0771 e. The first-order chi connectivity index (χ1) is 10.3. The average molecular weight is 295 g/mol. The molecule has 0 saturated carbocycles. The van der Waals surface area contributed by atoms with E-state index < -0.39 is 0 Å². The number of ether oxygens (including phenoxy) is 2. The Balaban J connectivity index is 2.07. The first-order valence-corrected chi connectivity index (χ1v) is 8.18. The number of aromatic nitrogens is 2. The fourth-order valence-electron chi connectivity index (χ4n) is 2.99. The molecular weight excluding hydrogens is 266 g/mol. The van der Waals surface area contributed by atoms with Crippen molar-refractivity contribution in [2.24, 2.45) is 0 Å². The maximum absolute atomic E-state index is 5.76. The molecule has 1 aromatic rings. The van der Waals surface area contributed by atoms with Gasteiger partial charge in [0.05, 0.1) is 24.9 Å². The third-order valence-corrected chi connectivity index (χ3v) is 4.10. The van der Waals surface area contributed by atoms with Gasteiger partial charge in [0.15, 0.2) is 0 Å². The van der Waals surface area contributed by atoms with Crippen molar-refractivity contribution in [1.82, 2.24) is 15.1 Å². The second kappa shape index (κ2) is 8.51. The predicted molar refractivity (Wildman–Crippen MR) is 83.5 cm³/mol. The van der Waals surface area contributed by atoms with Gasteiger partial charge >= 0.3 is 0 Å². The van der Waals surface area contributed by atoms with Gasteiger partial charge < -0.3 is 14.8 Å². The van der Waals surface area contributed by atoms with E-state index in [1.165, 1.54) is 23.4 Å². The highest BCUT2D eigenvalue weighted by atomic mass is 16.5. The summed E-state index contributed by atoms with van der Waals surface area (Å²) in [6.07, 6.45) is 4.67. The molecule has 0 spiro atoms. The van der Waals surface area contributed by atoms with Crippen LogP contribution < -0.4 is 5.32 Å². The van der Waals surface area contributed by atoms with E-state index in [9.17, 15) is 0 Å². The van der Waals surface area contributed by atoms with Gasteiger partial charge in [0, 0.05) is 38.1 Å². The van der Waals surface area contributed by atoms with Crippen LogP contribution in [0.1, 0.15) is 43.6 Å². The molecule has 1 atom stereocenters. The zero-order valence-electron chi connectivity index (χ0n) is 13.7. The third kappa shape index (κ3) is 4.28. The maximum Gasteiger partial charge on any atom is 0.0771 e. The van der Waals surface area contributed by atoms with E-state index in [-0.39, 0.29) is 0 Å². The van der Waals surface area contributed by atoms with Crippen molar-refractivity contribution in [2.45, 2.75) is 58.7 Å². The molecular formula is C16H29N3O2. The van der Waals surface area contributed by atoms with Gasteiger partial charge in [0.25, 0.3) is 0 Å². The lowest BCUT2D eigenvalue weighted by Crippen LogP contribution is -2.21. The maximum atomic E-state index is 5.76. The van der Waals surface area contributed by atoms with Gasteiger partial charge in [0.1, 0.15) is 0 Å². The van der Waals surface area contributed by atoms with Crippen LogP contribution in [0.2, 0.25) is 0 Å². The molecule has 0 aromatic carbocycles. The van der Waals surface area contributed by atoms with Gasteiger partial charge in [-0.05, 0) is 25.7 Å². The molecule has 1 fully saturated rings. The average Bonchev–Trinajstić information content (AvgIpc) is 3.11. The monoisotopic (exact) mass is 295 g/mol. The first-order valence-electron chi connectivity index (χ1n) is 8.18. The molecule has 2 rings (SSSR count). The standard InChI is InChI=1S/C16H29N3O2/c1-4-15-14(11-17-8-10-20-3)16(5-2)19(18-15)12-13-7-6-9-21-13/h13,17H,4-12H2,1-3H3. The summed E-state index contributed by atoms with van der Waals surface area (Å²) in [5, 5.41) is 8.28. The Morgan fingerprint density at radius 2 is 2.24 bits per heavy atom. The molecule has 2 heterocycles. The fraction of sp³-hybridized carbons (Fsp3) is 0.812. The number of nitrogens with zero attached hydrogens (tertiary/aromatic N) is 2. The van der Waals surface area contributed by atoms with Crippen LogP contribution in [0.25, 0.3) is 0 Å². The van der Waals surface area contributed by atoms with Crippen molar-refractivity contribution < 1.29 is 9.47 Å². The summed E-state index contributed by atoms with van der Waals surface area (Å²) in [7, 11) is 1.73. The molecule has 5 heteroatoms. The van der Waals surface area contributed by atoms with Crippen molar-refractivity contribution in [3.8, 4) is 0 Å². The number of hydrogen-bond donors (Lipinski definition) is 1. The van der Waals surface area contributed by atoms with E-state index in [1.807, 2.05) is 0 Å². The van der Waals surface area contributed by atoms with E-state index in [0.29, 0.717) is 6.10 Å². The Morgan fingerprint density at radius 3 is 2.86 bits per heavy atom. The summed E-state index contributed by atoms with van der Waals surface area (Å²) in [4.78, 5) is 0. The van der Waals surface area contributed by atoms with E-state index in [0.717, 1.165) is 52.1 Å². The van der Waals surface area contributed by atoms with Crippen LogP contribution in [0.4, 0.5) is 0 Å². The molecule has 0 radical (unpaired) electrons. The molecule has 21 heavy (non-hydrogen) atoms. The van der Waals surface area contributed by atoms with Crippen molar-refractivity contribution in [2.75, 3.05) is 26.9 Å². The minimum absolute atomic E-state index is 0.342. The van der Waals surface area contributed by atoms with Crippen LogP contribution in [-0.2, 0) is 35.4 Å². The summed E-state index contributed by atoms with van der Waals surface area (Å²) in [5.41, 5.74) is 3.94. The highest BCUT2D eigenvalue weighted by molar-refractivity contribution is 5.27. The van der Waals surface area contributed by atoms with E-state index in [2.05, 4.69) is 23.8 Å². The molecule has 0 bridgehead atoms.